The number of hydrogen-bond acceptors (Lipinski definition) is 5. The molecule has 0 spiro atoms. The third kappa shape index (κ3) is 9.60. The molecule has 0 bridgehead atoms. The summed E-state index contributed by atoms with van der Waals surface area (Å²) >= 11 is 12.2. The van der Waals surface area contributed by atoms with Crippen LogP contribution in [0.25, 0.3) is 11.2 Å². The standard InChI is InChI=1S/C26H43Cl2N5O/c1-22-29-25-23(24(27)30-26(28)31-25)33(22)17-15-13-11-9-7-5-3-2-4-6-8-10-12-14-16-32-18-20-34-21-19-32/h2-21H2,1H3. The maximum absolute atomic E-state index is 6.28. The SMILES string of the molecule is Cc1nc2nc(Cl)nc(Cl)c2n1CCCCCCCCCCCCCCCCN1CCOCC1. The fraction of sp³-hybridized carbons (Fsp3) is 0.808. The average molecular weight is 513 g/mol. The fourth-order valence-electron chi connectivity index (χ4n) is 4.90. The van der Waals surface area contributed by atoms with Gasteiger partial charge in [-0.1, -0.05) is 88.7 Å². The highest BCUT2D eigenvalue weighted by atomic mass is 35.5. The molecule has 0 unspecified atom stereocenters. The minimum absolute atomic E-state index is 0.150. The molecule has 0 aliphatic carbocycles. The summed E-state index contributed by atoms with van der Waals surface area (Å²) in [5, 5.41) is 0.539. The first-order valence-corrected chi connectivity index (χ1v) is 14.3. The van der Waals surface area contributed by atoms with Gasteiger partial charge in [-0.3, -0.25) is 4.90 Å². The lowest BCUT2D eigenvalue weighted by Gasteiger charge is -2.26. The predicted molar refractivity (Wildman–Crippen MR) is 142 cm³/mol. The second kappa shape index (κ2) is 15.9. The largest absolute Gasteiger partial charge is 0.379 e. The van der Waals surface area contributed by atoms with Crippen LogP contribution in [0.4, 0.5) is 0 Å². The van der Waals surface area contributed by atoms with Gasteiger partial charge in [-0.15, -0.1) is 0 Å². The molecule has 3 heterocycles. The van der Waals surface area contributed by atoms with E-state index in [1.165, 1.54) is 90.0 Å². The highest BCUT2D eigenvalue weighted by Gasteiger charge is 2.14. The van der Waals surface area contributed by atoms with Crippen LogP contribution in [0.15, 0.2) is 0 Å². The molecule has 0 aromatic carbocycles. The number of imidazole rings is 1. The minimum Gasteiger partial charge on any atom is -0.379 e. The molecule has 0 amide bonds. The van der Waals surface area contributed by atoms with Crippen molar-refractivity contribution in [2.75, 3.05) is 32.8 Å². The zero-order chi connectivity index (χ0) is 24.0. The van der Waals surface area contributed by atoms with Crippen LogP contribution >= 0.6 is 23.2 Å². The van der Waals surface area contributed by atoms with Gasteiger partial charge >= 0.3 is 0 Å². The summed E-state index contributed by atoms with van der Waals surface area (Å²) in [4.78, 5) is 15.3. The molecule has 2 aromatic rings. The number of rotatable bonds is 17. The number of fused-ring (bicyclic) bond motifs is 1. The summed E-state index contributed by atoms with van der Waals surface area (Å²) < 4.78 is 7.53. The van der Waals surface area contributed by atoms with Crippen LogP contribution < -0.4 is 0 Å². The molecule has 3 rings (SSSR count). The van der Waals surface area contributed by atoms with Gasteiger partial charge in [-0.05, 0) is 37.9 Å². The number of aryl methyl sites for hydroxylation is 2. The van der Waals surface area contributed by atoms with Crippen LogP contribution in [-0.2, 0) is 11.3 Å². The Kier molecular flexibility index (Phi) is 12.9. The molecule has 1 saturated heterocycles. The van der Waals surface area contributed by atoms with Crippen LogP contribution in [0.1, 0.15) is 95.7 Å². The molecular weight excluding hydrogens is 469 g/mol. The van der Waals surface area contributed by atoms with Gasteiger partial charge in [0.25, 0.3) is 0 Å². The van der Waals surface area contributed by atoms with Crippen LogP contribution in [0.3, 0.4) is 0 Å². The lowest BCUT2D eigenvalue weighted by atomic mass is 10.0. The molecule has 6 nitrogen and oxygen atoms in total. The molecule has 8 heteroatoms. The number of unbranched alkanes of at least 4 members (excludes halogenated alkanes) is 13. The summed E-state index contributed by atoms with van der Waals surface area (Å²) in [6.07, 6.45) is 19.0. The van der Waals surface area contributed by atoms with Crippen LogP contribution in [0.5, 0.6) is 0 Å². The molecule has 34 heavy (non-hydrogen) atoms. The minimum atomic E-state index is 0.150. The smallest absolute Gasteiger partial charge is 0.225 e. The molecule has 0 radical (unpaired) electrons. The second-order valence-electron chi connectivity index (χ2n) is 9.67. The van der Waals surface area contributed by atoms with Gasteiger partial charge < -0.3 is 9.30 Å². The number of ether oxygens (including phenoxy) is 1. The number of nitrogens with zero attached hydrogens (tertiary/aromatic N) is 5. The van der Waals surface area contributed by atoms with E-state index < -0.39 is 0 Å². The number of aromatic nitrogens is 4. The van der Waals surface area contributed by atoms with Crippen molar-refractivity contribution in [3.63, 3.8) is 0 Å². The number of hydrogen-bond donors (Lipinski definition) is 0. The maximum atomic E-state index is 6.28. The number of halogens is 2. The van der Waals surface area contributed by atoms with Crippen LogP contribution in [0.2, 0.25) is 10.4 Å². The van der Waals surface area contributed by atoms with Gasteiger partial charge in [0, 0.05) is 19.6 Å². The number of morpholine rings is 1. The van der Waals surface area contributed by atoms with Crippen LogP contribution in [-0.4, -0.2) is 57.3 Å². The Hall–Kier alpha value is -0.950. The van der Waals surface area contributed by atoms with Gasteiger partial charge in [0.1, 0.15) is 11.3 Å². The van der Waals surface area contributed by atoms with Crippen molar-refractivity contribution in [2.45, 2.75) is 103 Å². The quantitative estimate of drug-likeness (QED) is 0.127. The second-order valence-corrected chi connectivity index (χ2v) is 10.4. The highest BCUT2D eigenvalue weighted by molar-refractivity contribution is 6.35. The molecule has 0 atom stereocenters. The lowest BCUT2D eigenvalue weighted by molar-refractivity contribution is 0.0371. The molecule has 1 aliphatic rings. The topological polar surface area (TPSA) is 56.1 Å². The Bertz CT molecular complexity index is 838. The van der Waals surface area contributed by atoms with Gasteiger partial charge in [0.15, 0.2) is 10.8 Å². The van der Waals surface area contributed by atoms with E-state index in [9.17, 15) is 0 Å². The lowest BCUT2D eigenvalue weighted by Crippen LogP contribution is -2.36. The fourth-order valence-corrected chi connectivity index (χ4v) is 5.38. The first kappa shape index (κ1) is 27.6. The highest BCUT2D eigenvalue weighted by Crippen LogP contribution is 2.24. The molecule has 0 N–H and O–H groups in total. The Labute approximate surface area is 215 Å². The Balaban J connectivity index is 1.10. The van der Waals surface area contributed by atoms with Crippen LogP contribution in [0, 0.1) is 6.92 Å². The van der Waals surface area contributed by atoms with E-state index >= 15 is 0 Å². The van der Waals surface area contributed by atoms with Crippen molar-refractivity contribution in [3.8, 4) is 0 Å². The normalized spacial score (nSPS) is 14.9. The van der Waals surface area contributed by atoms with E-state index in [1.807, 2.05) is 6.92 Å². The zero-order valence-electron chi connectivity index (χ0n) is 21.0. The average Bonchev–Trinajstić information content (AvgIpc) is 3.14. The van der Waals surface area contributed by atoms with E-state index in [0.717, 1.165) is 50.6 Å². The molecule has 1 fully saturated rings. The van der Waals surface area contributed by atoms with Gasteiger partial charge in [0.2, 0.25) is 5.28 Å². The van der Waals surface area contributed by atoms with E-state index in [2.05, 4.69) is 24.4 Å². The first-order valence-electron chi connectivity index (χ1n) is 13.5. The maximum Gasteiger partial charge on any atom is 0.225 e. The summed E-state index contributed by atoms with van der Waals surface area (Å²) in [5.74, 6) is 0.918. The summed E-state index contributed by atoms with van der Waals surface area (Å²) in [6.45, 7) is 8.26. The molecule has 0 saturated carbocycles. The molecule has 2 aromatic heterocycles. The zero-order valence-corrected chi connectivity index (χ0v) is 22.6. The summed E-state index contributed by atoms with van der Waals surface area (Å²) in [6, 6.07) is 0. The van der Waals surface area contributed by atoms with Crippen molar-refractivity contribution >= 4 is 34.4 Å². The van der Waals surface area contributed by atoms with Gasteiger partial charge in [-0.25, -0.2) is 9.97 Å². The summed E-state index contributed by atoms with van der Waals surface area (Å²) in [5.41, 5.74) is 1.39. The predicted octanol–water partition coefficient (Wildman–Crippen LogP) is 7.24. The van der Waals surface area contributed by atoms with E-state index in [0.29, 0.717) is 10.8 Å². The first-order chi connectivity index (χ1) is 16.6. The van der Waals surface area contributed by atoms with Crippen molar-refractivity contribution in [1.82, 2.24) is 24.4 Å². The van der Waals surface area contributed by atoms with E-state index in [-0.39, 0.29) is 5.28 Å². The third-order valence-electron chi connectivity index (χ3n) is 6.93. The molecular formula is C26H43Cl2N5O. The van der Waals surface area contributed by atoms with Crippen molar-refractivity contribution < 1.29 is 4.74 Å². The van der Waals surface area contributed by atoms with Crippen molar-refractivity contribution in [1.29, 1.82) is 0 Å². The third-order valence-corrected chi connectivity index (χ3v) is 7.37. The van der Waals surface area contributed by atoms with Gasteiger partial charge in [-0.2, -0.15) is 4.98 Å². The summed E-state index contributed by atoms with van der Waals surface area (Å²) in [7, 11) is 0. The van der Waals surface area contributed by atoms with Crippen molar-refractivity contribution in [3.05, 3.63) is 16.3 Å². The monoisotopic (exact) mass is 511 g/mol. The van der Waals surface area contributed by atoms with E-state index in [4.69, 9.17) is 27.9 Å². The van der Waals surface area contributed by atoms with E-state index in [1.54, 1.807) is 0 Å². The molecule has 192 valence electrons. The Morgan fingerprint density at radius 2 is 1.18 bits per heavy atom. The van der Waals surface area contributed by atoms with Crippen molar-refractivity contribution in [2.24, 2.45) is 0 Å². The molecule has 1 aliphatic heterocycles. The Morgan fingerprint density at radius 3 is 1.74 bits per heavy atom. The van der Waals surface area contributed by atoms with Gasteiger partial charge in [0.05, 0.1) is 13.2 Å². The Morgan fingerprint density at radius 1 is 0.676 bits per heavy atom.